The molecule has 1 aromatic carbocycles. The second kappa shape index (κ2) is 12.8. The molecule has 0 amide bonds. The summed E-state index contributed by atoms with van der Waals surface area (Å²) in [7, 11) is 1.63. The Hall–Kier alpha value is -3.44. The van der Waals surface area contributed by atoms with Crippen LogP contribution in [0.4, 0.5) is 22.9 Å². The van der Waals surface area contributed by atoms with Gasteiger partial charge in [0, 0.05) is 83.0 Å². The van der Waals surface area contributed by atoms with Crippen LogP contribution >= 0.6 is 7.42 Å². The van der Waals surface area contributed by atoms with Crippen LogP contribution in [0.25, 0.3) is 11.0 Å². The van der Waals surface area contributed by atoms with Crippen molar-refractivity contribution in [3.05, 3.63) is 50.7 Å². The van der Waals surface area contributed by atoms with E-state index in [9.17, 15) is 24.4 Å². The number of rotatable bonds is 11. The Morgan fingerprint density at radius 1 is 1.02 bits per heavy atom. The highest BCUT2D eigenvalue weighted by atomic mass is 31.1. The third-order valence-corrected chi connectivity index (χ3v) is 8.09. The van der Waals surface area contributed by atoms with Gasteiger partial charge in [0.2, 0.25) is 0 Å². The lowest BCUT2D eigenvalue weighted by atomic mass is 10.1. The summed E-state index contributed by atoms with van der Waals surface area (Å²) in [6, 6.07) is 8.00. The Labute approximate surface area is 233 Å². The normalized spacial score (nSPS) is 14.5. The monoisotopic (exact) mass is 571 g/mol. The number of aromatic nitrogens is 3. The topological polar surface area (TPSA) is 136 Å². The predicted molar refractivity (Wildman–Crippen MR) is 161 cm³/mol. The summed E-state index contributed by atoms with van der Waals surface area (Å²) >= 11 is 0. The number of anilines is 4. The minimum absolute atomic E-state index is 0.177. The molecule has 1 aliphatic rings. The number of piperazine rings is 1. The first-order valence-corrected chi connectivity index (χ1v) is 15.0. The van der Waals surface area contributed by atoms with Crippen LogP contribution in [0.3, 0.4) is 0 Å². The Kier molecular flexibility index (Phi) is 9.47. The molecule has 1 fully saturated rings. The second-order valence-corrected chi connectivity index (χ2v) is 11.4. The van der Waals surface area contributed by atoms with Crippen molar-refractivity contribution in [2.45, 2.75) is 6.92 Å². The number of benzene rings is 1. The number of aryl methyl sites for hydroxylation is 1. The van der Waals surface area contributed by atoms with E-state index in [1.165, 1.54) is 11.6 Å². The van der Waals surface area contributed by atoms with Gasteiger partial charge in [0.15, 0.2) is 5.65 Å². The lowest BCUT2D eigenvalue weighted by Crippen LogP contribution is -2.47. The van der Waals surface area contributed by atoms with Crippen LogP contribution in [-0.4, -0.2) is 101 Å². The minimum atomic E-state index is -1.36. The highest BCUT2D eigenvalue weighted by Gasteiger charge is 2.23. The summed E-state index contributed by atoms with van der Waals surface area (Å²) < 4.78 is 13.7. The molecule has 0 saturated carbocycles. The fourth-order valence-electron chi connectivity index (χ4n) is 5.13. The fourth-order valence-corrected chi connectivity index (χ4v) is 5.64. The summed E-state index contributed by atoms with van der Waals surface area (Å²) in [5, 5.41) is 23.0. The molecule has 3 aromatic rings. The summed E-state index contributed by atoms with van der Waals surface area (Å²) in [6.07, 6.45) is 4.22. The van der Waals surface area contributed by atoms with Gasteiger partial charge in [-0.25, -0.2) is 9.78 Å². The van der Waals surface area contributed by atoms with Crippen molar-refractivity contribution in [2.75, 3.05) is 80.3 Å². The van der Waals surface area contributed by atoms with Gasteiger partial charge in [-0.3, -0.25) is 23.4 Å². The largest absolute Gasteiger partial charge is 0.395 e. The molecule has 13 heteroatoms. The number of pyridine rings is 1. The number of nitrogens with zero attached hydrogens (tertiary/aromatic N) is 6. The van der Waals surface area contributed by atoms with Gasteiger partial charge in [-0.2, -0.15) is 0 Å². The molecule has 1 aliphatic heterocycles. The van der Waals surface area contributed by atoms with E-state index < -0.39 is 18.7 Å². The van der Waals surface area contributed by atoms with Crippen molar-refractivity contribution >= 4 is 47.6 Å². The summed E-state index contributed by atoms with van der Waals surface area (Å²) in [5.74, 6) is 0.469. The number of aliphatic hydroxyl groups is 2. The van der Waals surface area contributed by atoms with Crippen LogP contribution in [0.2, 0.25) is 0 Å². The zero-order chi connectivity index (χ0) is 29.0. The predicted octanol–water partition coefficient (Wildman–Crippen LogP) is 0.857. The van der Waals surface area contributed by atoms with Crippen molar-refractivity contribution in [1.82, 2.24) is 19.0 Å². The molecule has 1 atom stereocenters. The number of hydrogen-bond acceptors (Lipinski definition) is 10. The average Bonchev–Trinajstić information content (AvgIpc) is 2.95. The Balaban J connectivity index is 1.65. The number of hydrogen-bond donors (Lipinski definition) is 3. The first kappa shape index (κ1) is 29.5. The lowest BCUT2D eigenvalue weighted by molar-refractivity contribution is 0.272. The van der Waals surface area contributed by atoms with E-state index in [0.29, 0.717) is 23.2 Å². The molecule has 0 aliphatic carbocycles. The summed E-state index contributed by atoms with van der Waals surface area (Å²) in [4.78, 5) is 37.0. The third kappa shape index (κ3) is 6.15. The molecule has 216 valence electrons. The van der Waals surface area contributed by atoms with E-state index in [1.54, 1.807) is 11.9 Å². The van der Waals surface area contributed by atoms with Crippen LogP contribution in [0, 0.1) is 6.92 Å². The zero-order valence-electron chi connectivity index (χ0n) is 23.3. The van der Waals surface area contributed by atoms with Gasteiger partial charge in [-0.05, 0) is 37.5 Å². The van der Waals surface area contributed by atoms with Crippen LogP contribution in [0.1, 0.15) is 5.56 Å². The molecule has 4 rings (SSSR count). The maximum Gasteiger partial charge on any atom is 0.332 e. The molecule has 2 aromatic heterocycles. The smallest absolute Gasteiger partial charge is 0.332 e. The molecule has 0 bridgehead atoms. The summed E-state index contributed by atoms with van der Waals surface area (Å²) in [6.45, 7) is 6.24. The Morgan fingerprint density at radius 2 is 1.65 bits per heavy atom. The Bertz CT molecular complexity index is 1530. The lowest BCUT2D eigenvalue weighted by Gasteiger charge is -2.36. The molecular weight excluding hydrogens is 533 g/mol. The maximum atomic E-state index is 13.2. The zero-order valence-corrected chi connectivity index (χ0v) is 24.2. The van der Waals surface area contributed by atoms with Gasteiger partial charge in [0.05, 0.1) is 26.3 Å². The first-order valence-electron chi connectivity index (χ1n) is 13.3. The van der Waals surface area contributed by atoms with Crippen molar-refractivity contribution in [2.24, 2.45) is 14.1 Å². The minimum Gasteiger partial charge on any atom is -0.395 e. The van der Waals surface area contributed by atoms with Gasteiger partial charge < -0.3 is 25.3 Å². The molecule has 0 spiro atoms. The van der Waals surface area contributed by atoms with Crippen molar-refractivity contribution < 1.29 is 14.8 Å². The Morgan fingerprint density at radius 3 is 2.23 bits per heavy atom. The van der Waals surface area contributed by atoms with Gasteiger partial charge in [-0.1, -0.05) is 0 Å². The molecule has 3 N–H and O–H groups in total. The van der Waals surface area contributed by atoms with Crippen LogP contribution in [0.15, 0.2) is 33.9 Å². The highest BCUT2D eigenvalue weighted by molar-refractivity contribution is 7.43. The van der Waals surface area contributed by atoms with E-state index in [4.69, 9.17) is 4.98 Å². The second-order valence-electron chi connectivity index (χ2n) is 9.98. The van der Waals surface area contributed by atoms with E-state index in [2.05, 4.69) is 21.4 Å². The quantitative estimate of drug-likeness (QED) is 0.284. The molecule has 40 heavy (non-hydrogen) atoms. The van der Waals surface area contributed by atoms with Gasteiger partial charge >= 0.3 is 5.69 Å². The van der Waals surface area contributed by atoms with E-state index >= 15 is 0 Å². The first-order chi connectivity index (χ1) is 19.2. The average molecular weight is 572 g/mol. The van der Waals surface area contributed by atoms with E-state index in [-0.39, 0.29) is 37.3 Å². The number of nitrogens with one attached hydrogen (secondary N) is 1. The van der Waals surface area contributed by atoms with Crippen LogP contribution in [0.5, 0.6) is 0 Å². The molecule has 1 unspecified atom stereocenters. The van der Waals surface area contributed by atoms with Gasteiger partial charge in [0.1, 0.15) is 11.2 Å². The number of aliphatic hydroxyl groups excluding tert-OH is 2. The molecule has 3 heterocycles. The molecule has 12 nitrogen and oxygen atoms in total. The fraction of sp³-hybridized carbons (Fsp3) is 0.481. The van der Waals surface area contributed by atoms with Crippen molar-refractivity contribution in [3.8, 4) is 0 Å². The molecular formula is C27H38N7O5P. The maximum absolute atomic E-state index is 13.2. The standard InChI is InChI=1S/C27H38N7O5P/c1-19-23(34(13-16-35)14-17-36)22-25(30(2)27(38)31(3)26(22)37)29-24(19)28-20-5-7-21(8-6-20)33-11-9-32(10-12-33)15-18-40(4)39/h5-8,35-36H,4,9-18H2,1-3H3,(H,28,29). The summed E-state index contributed by atoms with van der Waals surface area (Å²) in [5.41, 5.74) is 2.30. The van der Waals surface area contributed by atoms with E-state index in [1.807, 2.05) is 31.2 Å². The number of fused-ring (bicyclic) bond motifs is 1. The van der Waals surface area contributed by atoms with Gasteiger partial charge in [-0.15, -0.1) is 0 Å². The molecule has 1 saturated heterocycles. The van der Waals surface area contributed by atoms with E-state index in [0.717, 1.165) is 48.7 Å². The van der Waals surface area contributed by atoms with Crippen LogP contribution in [-0.2, 0) is 18.7 Å². The molecule has 0 radical (unpaired) electrons. The van der Waals surface area contributed by atoms with Gasteiger partial charge in [0.25, 0.3) is 5.56 Å². The van der Waals surface area contributed by atoms with Crippen molar-refractivity contribution in [3.63, 3.8) is 0 Å². The highest BCUT2D eigenvalue weighted by Crippen LogP contribution is 2.33. The third-order valence-electron chi connectivity index (χ3n) is 7.39. The van der Waals surface area contributed by atoms with Crippen LogP contribution < -0.4 is 26.4 Å². The SMILES string of the molecule is C=P(=O)CCN1CCN(c2ccc(Nc3nc4c(c(N(CCO)CCO)c3C)c(=O)n(C)c(=O)n4C)cc2)CC1. The van der Waals surface area contributed by atoms with Crippen molar-refractivity contribution in [1.29, 1.82) is 0 Å².